The van der Waals surface area contributed by atoms with Crippen LogP contribution in [0.15, 0.2) is 39.9 Å². The molecule has 0 atom stereocenters. The van der Waals surface area contributed by atoms with Gasteiger partial charge in [0.15, 0.2) is 18.1 Å². The highest BCUT2D eigenvalue weighted by molar-refractivity contribution is 9.10. The molecule has 3 amide bonds. The summed E-state index contributed by atoms with van der Waals surface area (Å²) in [6.07, 6.45) is 2.06. The molecule has 0 bridgehead atoms. The summed E-state index contributed by atoms with van der Waals surface area (Å²) in [5, 5.41) is 9.19. The summed E-state index contributed by atoms with van der Waals surface area (Å²) in [5.74, 6) is -1.31. The van der Waals surface area contributed by atoms with Gasteiger partial charge in [0.25, 0.3) is 5.91 Å². The number of rotatable bonds is 12. The van der Waals surface area contributed by atoms with Gasteiger partial charge < -0.3 is 24.8 Å². The van der Waals surface area contributed by atoms with Crippen LogP contribution in [0.3, 0.4) is 0 Å². The van der Waals surface area contributed by atoms with Crippen LogP contribution in [0.4, 0.5) is 5.69 Å². The van der Waals surface area contributed by atoms with Gasteiger partial charge in [0.05, 0.1) is 23.9 Å². The maximum Gasteiger partial charge on any atom is 0.329 e. The van der Waals surface area contributed by atoms with Crippen molar-refractivity contribution in [1.82, 2.24) is 10.7 Å². The Hall–Kier alpha value is -3.44. The van der Waals surface area contributed by atoms with Crippen LogP contribution in [0.25, 0.3) is 0 Å². The Morgan fingerprint density at radius 2 is 1.81 bits per heavy atom. The second-order valence-electron chi connectivity index (χ2n) is 8.37. The normalized spacial score (nSPS) is 10.9. The van der Waals surface area contributed by atoms with Crippen molar-refractivity contribution in [3.63, 3.8) is 0 Å². The number of hydrazone groups is 1. The van der Waals surface area contributed by atoms with E-state index in [1.165, 1.54) is 13.3 Å². The van der Waals surface area contributed by atoms with Crippen molar-refractivity contribution < 1.29 is 28.6 Å². The van der Waals surface area contributed by atoms with Gasteiger partial charge in [0, 0.05) is 18.8 Å². The minimum Gasteiger partial charge on any atom is -0.493 e. The molecule has 0 radical (unpaired) electrons. The Bertz CT molecular complexity index is 1120. The first kappa shape index (κ1) is 29.8. The fourth-order valence-electron chi connectivity index (χ4n) is 3.17. The molecule has 2 aromatic rings. The minimum atomic E-state index is -0.887. The SMILES string of the molecule is COc1cc(/C=N\NC(=O)C(=O)NCCCOC(C)C)cc(Br)c1OCC(=O)Nc1c(C)cccc1C. The standard InChI is InChI=1S/C26H33BrN4O6/c1-16(2)36-11-7-10-28-25(33)26(34)31-29-14-19-12-20(27)24(21(13-19)35-5)37-15-22(32)30-23-17(3)8-6-9-18(23)4/h6,8-9,12-14,16H,7,10-11,15H2,1-5H3,(H,28,33)(H,30,32)(H,31,34)/b29-14-. The van der Waals surface area contributed by atoms with E-state index in [1.807, 2.05) is 45.9 Å². The number of carbonyl (C=O) groups is 3. The molecule has 37 heavy (non-hydrogen) atoms. The summed E-state index contributed by atoms with van der Waals surface area (Å²) in [6.45, 7) is 8.26. The van der Waals surface area contributed by atoms with Crippen molar-refractivity contribution in [2.24, 2.45) is 5.10 Å². The number of carbonyl (C=O) groups excluding carboxylic acids is 3. The molecule has 0 aliphatic rings. The lowest BCUT2D eigenvalue weighted by atomic mass is 10.1. The molecule has 0 aliphatic heterocycles. The Morgan fingerprint density at radius 1 is 1.11 bits per heavy atom. The van der Waals surface area contributed by atoms with Gasteiger partial charge in [0.1, 0.15) is 0 Å². The van der Waals surface area contributed by atoms with E-state index in [1.54, 1.807) is 12.1 Å². The van der Waals surface area contributed by atoms with Crippen LogP contribution in [0.5, 0.6) is 11.5 Å². The molecule has 0 saturated heterocycles. The molecule has 2 rings (SSSR count). The van der Waals surface area contributed by atoms with Crippen molar-refractivity contribution in [3.05, 3.63) is 51.5 Å². The van der Waals surface area contributed by atoms with Crippen LogP contribution in [-0.2, 0) is 19.1 Å². The number of methoxy groups -OCH3 is 1. The van der Waals surface area contributed by atoms with Crippen molar-refractivity contribution in [3.8, 4) is 11.5 Å². The van der Waals surface area contributed by atoms with E-state index in [4.69, 9.17) is 14.2 Å². The Labute approximate surface area is 225 Å². The maximum atomic E-state index is 12.5. The van der Waals surface area contributed by atoms with Gasteiger partial charge in [0.2, 0.25) is 0 Å². The molecule has 0 saturated carbocycles. The lowest BCUT2D eigenvalue weighted by Crippen LogP contribution is -2.38. The van der Waals surface area contributed by atoms with Crippen LogP contribution in [-0.4, -0.2) is 56.9 Å². The molecule has 3 N–H and O–H groups in total. The molecular weight excluding hydrogens is 544 g/mol. The lowest BCUT2D eigenvalue weighted by Gasteiger charge is -2.15. The molecule has 0 unspecified atom stereocenters. The molecular formula is C26H33BrN4O6. The molecule has 0 spiro atoms. The molecule has 11 heteroatoms. The third-order valence-corrected chi connectivity index (χ3v) is 5.58. The average Bonchev–Trinajstić information content (AvgIpc) is 2.84. The van der Waals surface area contributed by atoms with Gasteiger partial charge >= 0.3 is 11.8 Å². The Kier molecular flexibility index (Phi) is 12.0. The zero-order chi connectivity index (χ0) is 27.4. The number of ether oxygens (including phenoxy) is 3. The molecule has 0 aliphatic carbocycles. The summed E-state index contributed by atoms with van der Waals surface area (Å²) < 4.78 is 17.0. The number of hydrogen-bond donors (Lipinski definition) is 3. The van der Waals surface area contributed by atoms with E-state index < -0.39 is 11.8 Å². The number of benzene rings is 2. The maximum absolute atomic E-state index is 12.5. The second kappa shape index (κ2) is 15.0. The van der Waals surface area contributed by atoms with Gasteiger partial charge in [-0.3, -0.25) is 14.4 Å². The summed E-state index contributed by atoms with van der Waals surface area (Å²) in [7, 11) is 1.46. The Balaban J connectivity index is 1.91. The molecule has 2 aromatic carbocycles. The molecule has 0 aromatic heterocycles. The fraction of sp³-hybridized carbons (Fsp3) is 0.385. The topological polar surface area (TPSA) is 127 Å². The van der Waals surface area contributed by atoms with E-state index in [-0.39, 0.29) is 18.6 Å². The Morgan fingerprint density at radius 3 is 2.46 bits per heavy atom. The van der Waals surface area contributed by atoms with Crippen LogP contribution in [0, 0.1) is 13.8 Å². The average molecular weight is 577 g/mol. The third-order valence-electron chi connectivity index (χ3n) is 4.99. The number of anilines is 1. The number of para-hydroxylation sites is 1. The van der Waals surface area contributed by atoms with Crippen LogP contribution < -0.4 is 25.5 Å². The third kappa shape index (κ3) is 9.85. The quantitative estimate of drug-likeness (QED) is 0.154. The first-order valence-corrected chi connectivity index (χ1v) is 12.5. The first-order chi connectivity index (χ1) is 17.6. The van der Waals surface area contributed by atoms with Gasteiger partial charge in [-0.15, -0.1) is 0 Å². The van der Waals surface area contributed by atoms with E-state index in [0.29, 0.717) is 41.1 Å². The summed E-state index contributed by atoms with van der Waals surface area (Å²) in [4.78, 5) is 36.2. The monoisotopic (exact) mass is 576 g/mol. The van der Waals surface area contributed by atoms with Crippen molar-refractivity contribution in [2.75, 3.05) is 32.2 Å². The zero-order valence-corrected chi connectivity index (χ0v) is 23.2. The van der Waals surface area contributed by atoms with Crippen molar-refractivity contribution in [2.45, 2.75) is 40.2 Å². The predicted molar refractivity (Wildman–Crippen MR) is 145 cm³/mol. The number of nitrogens with zero attached hydrogens (tertiary/aromatic N) is 1. The van der Waals surface area contributed by atoms with Crippen LogP contribution >= 0.6 is 15.9 Å². The lowest BCUT2D eigenvalue weighted by molar-refractivity contribution is -0.139. The first-order valence-electron chi connectivity index (χ1n) is 11.7. The fourth-order valence-corrected chi connectivity index (χ4v) is 3.74. The summed E-state index contributed by atoms with van der Waals surface area (Å²) in [5.41, 5.74) is 5.40. The number of halogens is 1. The van der Waals surface area contributed by atoms with Crippen molar-refractivity contribution in [1.29, 1.82) is 0 Å². The zero-order valence-electron chi connectivity index (χ0n) is 21.6. The van der Waals surface area contributed by atoms with Crippen LogP contribution in [0.1, 0.15) is 37.0 Å². The van der Waals surface area contributed by atoms with E-state index in [2.05, 4.69) is 37.1 Å². The predicted octanol–water partition coefficient (Wildman–Crippen LogP) is 3.47. The van der Waals surface area contributed by atoms with E-state index >= 15 is 0 Å². The van der Waals surface area contributed by atoms with Crippen molar-refractivity contribution >= 4 is 45.6 Å². The smallest absolute Gasteiger partial charge is 0.329 e. The minimum absolute atomic E-state index is 0.112. The summed E-state index contributed by atoms with van der Waals surface area (Å²) >= 11 is 3.41. The highest BCUT2D eigenvalue weighted by Crippen LogP contribution is 2.36. The van der Waals surface area contributed by atoms with Crippen LogP contribution in [0.2, 0.25) is 0 Å². The van der Waals surface area contributed by atoms with Gasteiger partial charge in [-0.1, -0.05) is 18.2 Å². The second-order valence-corrected chi connectivity index (χ2v) is 9.22. The molecule has 0 heterocycles. The number of amides is 3. The number of hydrogen-bond acceptors (Lipinski definition) is 7. The van der Waals surface area contributed by atoms with Gasteiger partial charge in [-0.05, 0) is 78.9 Å². The number of nitrogens with one attached hydrogen (secondary N) is 3. The molecule has 200 valence electrons. The highest BCUT2D eigenvalue weighted by Gasteiger charge is 2.15. The number of aryl methyl sites for hydroxylation is 2. The van der Waals surface area contributed by atoms with E-state index in [0.717, 1.165) is 16.8 Å². The largest absolute Gasteiger partial charge is 0.493 e. The molecule has 0 fully saturated rings. The van der Waals surface area contributed by atoms with Gasteiger partial charge in [-0.2, -0.15) is 5.10 Å². The van der Waals surface area contributed by atoms with Gasteiger partial charge in [-0.25, -0.2) is 5.43 Å². The van der Waals surface area contributed by atoms with E-state index in [9.17, 15) is 14.4 Å². The highest BCUT2D eigenvalue weighted by atomic mass is 79.9. The summed E-state index contributed by atoms with van der Waals surface area (Å²) in [6, 6.07) is 9.06. The molecule has 10 nitrogen and oxygen atoms in total.